The molecule has 0 bridgehead atoms. The number of carbonyl (C=O) groups is 1. The maximum absolute atomic E-state index is 12.4. The Morgan fingerprint density at radius 1 is 1.25 bits per heavy atom. The molecule has 6 nitrogen and oxygen atoms in total. The number of hydrogen-bond acceptors (Lipinski definition) is 5. The molecule has 6 heteroatoms. The molecule has 1 saturated carbocycles. The Bertz CT molecular complexity index is 724. The van der Waals surface area contributed by atoms with E-state index in [0.717, 1.165) is 31.1 Å². The zero-order valence-corrected chi connectivity index (χ0v) is 14.1. The van der Waals surface area contributed by atoms with E-state index in [-0.39, 0.29) is 24.1 Å². The topological polar surface area (TPSA) is 87.1 Å². The quantitative estimate of drug-likeness (QED) is 0.802. The van der Waals surface area contributed by atoms with Gasteiger partial charge in [0.2, 0.25) is 5.95 Å². The second-order valence-corrected chi connectivity index (χ2v) is 6.71. The largest absolute Gasteiger partial charge is 0.393 e. The number of fused-ring (bicyclic) bond motifs is 1. The van der Waals surface area contributed by atoms with Gasteiger partial charge in [-0.3, -0.25) is 4.79 Å². The van der Waals surface area contributed by atoms with Gasteiger partial charge in [0.25, 0.3) is 5.91 Å². The molecule has 1 aliphatic carbocycles. The molecule has 0 atom stereocenters. The maximum Gasteiger partial charge on any atom is 0.253 e. The summed E-state index contributed by atoms with van der Waals surface area (Å²) in [6, 6.07) is 5.87. The highest BCUT2D eigenvalue weighted by Gasteiger charge is 2.20. The van der Waals surface area contributed by atoms with Crippen LogP contribution >= 0.6 is 0 Å². The monoisotopic (exact) mass is 328 g/mol. The third-order valence-corrected chi connectivity index (χ3v) is 4.31. The number of nitrogens with one attached hydrogen (secondary N) is 2. The van der Waals surface area contributed by atoms with Crippen LogP contribution in [0.3, 0.4) is 0 Å². The van der Waals surface area contributed by atoms with E-state index in [1.54, 1.807) is 12.3 Å². The fourth-order valence-corrected chi connectivity index (χ4v) is 3.05. The van der Waals surface area contributed by atoms with Crippen molar-refractivity contribution in [1.82, 2.24) is 15.3 Å². The Morgan fingerprint density at radius 3 is 2.71 bits per heavy atom. The fourth-order valence-electron chi connectivity index (χ4n) is 3.05. The summed E-state index contributed by atoms with van der Waals surface area (Å²) in [6.07, 6.45) is 4.96. The molecule has 1 aromatic carbocycles. The molecule has 3 N–H and O–H groups in total. The van der Waals surface area contributed by atoms with Crippen molar-refractivity contribution < 1.29 is 9.90 Å². The van der Waals surface area contributed by atoms with Crippen molar-refractivity contribution in [3.63, 3.8) is 0 Å². The Hall–Kier alpha value is -2.21. The van der Waals surface area contributed by atoms with Gasteiger partial charge in [0.05, 0.1) is 17.2 Å². The normalized spacial score (nSPS) is 21.0. The summed E-state index contributed by atoms with van der Waals surface area (Å²) in [6.45, 7) is 3.87. The Morgan fingerprint density at radius 2 is 2.00 bits per heavy atom. The highest BCUT2D eigenvalue weighted by Crippen LogP contribution is 2.22. The molecule has 0 radical (unpaired) electrons. The van der Waals surface area contributed by atoms with Gasteiger partial charge in [-0.25, -0.2) is 9.97 Å². The lowest BCUT2D eigenvalue weighted by Gasteiger charge is -2.26. The summed E-state index contributed by atoms with van der Waals surface area (Å²) >= 11 is 0. The summed E-state index contributed by atoms with van der Waals surface area (Å²) in [5.41, 5.74) is 1.22. The molecule has 128 valence electrons. The zero-order chi connectivity index (χ0) is 17.1. The molecule has 1 amide bonds. The number of para-hydroxylation sites is 1. The lowest BCUT2D eigenvalue weighted by atomic mass is 9.93. The molecular formula is C18H24N4O2. The minimum absolute atomic E-state index is 0.0702. The van der Waals surface area contributed by atoms with Crippen molar-refractivity contribution in [2.75, 3.05) is 5.32 Å². The Kier molecular flexibility index (Phi) is 4.94. The van der Waals surface area contributed by atoms with Crippen molar-refractivity contribution in [3.05, 3.63) is 30.0 Å². The summed E-state index contributed by atoms with van der Waals surface area (Å²) in [5, 5.41) is 16.7. The first kappa shape index (κ1) is 16.6. The summed E-state index contributed by atoms with van der Waals surface area (Å²) in [4.78, 5) is 21.3. The van der Waals surface area contributed by atoms with Crippen LogP contribution in [0.2, 0.25) is 0 Å². The summed E-state index contributed by atoms with van der Waals surface area (Å²) in [7, 11) is 0. The molecule has 1 aliphatic rings. The molecule has 1 aromatic heterocycles. The minimum atomic E-state index is -0.188. The van der Waals surface area contributed by atoms with Crippen LogP contribution in [0.25, 0.3) is 10.9 Å². The molecule has 0 aliphatic heterocycles. The van der Waals surface area contributed by atoms with Gasteiger partial charge in [-0.1, -0.05) is 12.1 Å². The fraction of sp³-hybridized carbons (Fsp3) is 0.500. The van der Waals surface area contributed by atoms with Crippen LogP contribution in [0.1, 0.15) is 49.9 Å². The average Bonchev–Trinajstić information content (AvgIpc) is 2.55. The van der Waals surface area contributed by atoms with E-state index in [1.807, 2.05) is 26.0 Å². The molecule has 3 rings (SSSR count). The number of rotatable bonds is 4. The van der Waals surface area contributed by atoms with Crippen molar-refractivity contribution in [2.45, 2.75) is 57.7 Å². The van der Waals surface area contributed by atoms with Crippen molar-refractivity contribution in [3.8, 4) is 0 Å². The Labute approximate surface area is 141 Å². The van der Waals surface area contributed by atoms with Crippen LogP contribution in [-0.2, 0) is 0 Å². The van der Waals surface area contributed by atoms with Crippen molar-refractivity contribution in [2.24, 2.45) is 0 Å². The number of carbonyl (C=O) groups excluding carboxylic acids is 1. The molecule has 0 unspecified atom stereocenters. The highest BCUT2D eigenvalue weighted by molar-refractivity contribution is 6.05. The van der Waals surface area contributed by atoms with Gasteiger partial charge in [0.1, 0.15) is 0 Å². The second-order valence-electron chi connectivity index (χ2n) is 6.71. The van der Waals surface area contributed by atoms with Crippen LogP contribution < -0.4 is 10.6 Å². The molecule has 0 saturated heterocycles. The van der Waals surface area contributed by atoms with E-state index < -0.39 is 0 Å². The van der Waals surface area contributed by atoms with Gasteiger partial charge in [-0.05, 0) is 45.6 Å². The van der Waals surface area contributed by atoms with E-state index >= 15 is 0 Å². The van der Waals surface area contributed by atoms with Crippen LogP contribution in [0.4, 0.5) is 5.95 Å². The van der Waals surface area contributed by atoms with Gasteiger partial charge in [-0.2, -0.15) is 0 Å². The number of benzene rings is 1. The number of amides is 1. The molecule has 1 fully saturated rings. The summed E-state index contributed by atoms with van der Waals surface area (Å²) in [5.74, 6) is 0.412. The third kappa shape index (κ3) is 3.82. The number of anilines is 1. The van der Waals surface area contributed by atoms with E-state index in [2.05, 4.69) is 20.6 Å². The van der Waals surface area contributed by atoms with Crippen LogP contribution in [0.15, 0.2) is 24.4 Å². The molecule has 1 heterocycles. The van der Waals surface area contributed by atoms with Gasteiger partial charge < -0.3 is 15.7 Å². The predicted octanol–water partition coefficient (Wildman–Crippen LogP) is 2.48. The Balaban J connectivity index is 1.85. The van der Waals surface area contributed by atoms with Gasteiger partial charge in [0, 0.05) is 23.7 Å². The van der Waals surface area contributed by atoms with E-state index in [0.29, 0.717) is 17.0 Å². The number of aliphatic hydroxyl groups excluding tert-OH is 1. The first-order valence-electron chi connectivity index (χ1n) is 8.54. The standard InChI is InChI=1S/C18H24N4O2/c1-11(2)20-17(24)15-5-3-4-12-10-19-18(22-16(12)15)21-13-6-8-14(23)9-7-13/h3-5,10-11,13-14,23H,6-9H2,1-2H3,(H,20,24)(H,19,21,22)/t13-,14-. The van der Waals surface area contributed by atoms with Crippen molar-refractivity contribution >= 4 is 22.8 Å². The van der Waals surface area contributed by atoms with Gasteiger partial charge in [-0.15, -0.1) is 0 Å². The number of aliphatic hydroxyl groups is 1. The predicted molar refractivity (Wildman–Crippen MR) is 94.0 cm³/mol. The second kappa shape index (κ2) is 7.13. The highest BCUT2D eigenvalue weighted by atomic mass is 16.3. The maximum atomic E-state index is 12.4. The first-order chi connectivity index (χ1) is 11.5. The van der Waals surface area contributed by atoms with Crippen LogP contribution in [0.5, 0.6) is 0 Å². The number of hydrogen-bond donors (Lipinski definition) is 3. The minimum Gasteiger partial charge on any atom is -0.393 e. The molecule has 2 aromatic rings. The van der Waals surface area contributed by atoms with Crippen LogP contribution in [-0.4, -0.2) is 39.2 Å². The third-order valence-electron chi connectivity index (χ3n) is 4.31. The first-order valence-corrected chi connectivity index (χ1v) is 8.54. The molecular weight excluding hydrogens is 304 g/mol. The lowest BCUT2D eigenvalue weighted by Crippen LogP contribution is -2.30. The number of aromatic nitrogens is 2. The SMILES string of the molecule is CC(C)NC(=O)c1cccc2cnc(N[C@H]3CC[C@H](O)CC3)nc12. The molecule has 24 heavy (non-hydrogen) atoms. The van der Waals surface area contributed by atoms with Crippen molar-refractivity contribution in [1.29, 1.82) is 0 Å². The van der Waals surface area contributed by atoms with Gasteiger partial charge in [0.15, 0.2) is 0 Å². The van der Waals surface area contributed by atoms with E-state index in [9.17, 15) is 9.90 Å². The van der Waals surface area contributed by atoms with Crippen LogP contribution in [0, 0.1) is 0 Å². The average molecular weight is 328 g/mol. The molecule has 0 spiro atoms. The number of nitrogens with zero attached hydrogens (tertiary/aromatic N) is 2. The van der Waals surface area contributed by atoms with E-state index in [1.165, 1.54) is 0 Å². The summed E-state index contributed by atoms with van der Waals surface area (Å²) < 4.78 is 0. The lowest BCUT2D eigenvalue weighted by molar-refractivity contribution is 0.0944. The smallest absolute Gasteiger partial charge is 0.253 e. The zero-order valence-electron chi connectivity index (χ0n) is 14.1. The van der Waals surface area contributed by atoms with E-state index in [4.69, 9.17) is 0 Å². The van der Waals surface area contributed by atoms with Gasteiger partial charge >= 0.3 is 0 Å².